The van der Waals surface area contributed by atoms with Crippen LogP contribution in [-0.2, 0) is 21.2 Å². The smallest absolute Gasteiger partial charge is 0.270 e. The van der Waals surface area contributed by atoms with Crippen LogP contribution in [-0.4, -0.2) is 54.1 Å². The summed E-state index contributed by atoms with van der Waals surface area (Å²) >= 11 is 0. The standard InChI is InChI=1S/C23H21F2N5O5S/c1-12-27-20(29-35-12)14-4-2-13(3-5-14)10-30-17-8-15(21(31)28-19-9-23(19,24)25)6-7-18(17)36(33,34)11-16(26)22(30)32/h2-8,16,19H,9-11,26H2,1H3,(H,28,31)/t16-,19?/m0/s1. The molecule has 2 atom stereocenters. The van der Waals surface area contributed by atoms with Crippen LogP contribution >= 0.6 is 0 Å². The van der Waals surface area contributed by atoms with Gasteiger partial charge in [0.2, 0.25) is 17.6 Å². The number of amides is 2. The van der Waals surface area contributed by atoms with Crippen molar-refractivity contribution in [3.63, 3.8) is 0 Å². The van der Waals surface area contributed by atoms with Crippen LogP contribution in [0.2, 0.25) is 0 Å². The summed E-state index contributed by atoms with van der Waals surface area (Å²) in [5.41, 5.74) is 7.14. The first-order chi connectivity index (χ1) is 16.9. The number of aryl methyl sites for hydroxylation is 1. The van der Waals surface area contributed by atoms with E-state index in [4.69, 9.17) is 10.3 Å². The molecule has 0 spiro atoms. The fourth-order valence-electron chi connectivity index (χ4n) is 3.98. The van der Waals surface area contributed by atoms with Crippen molar-refractivity contribution in [2.75, 3.05) is 10.7 Å². The molecule has 2 aliphatic rings. The summed E-state index contributed by atoms with van der Waals surface area (Å²) in [5, 5.41) is 6.08. The molecule has 13 heteroatoms. The number of nitrogens with two attached hydrogens (primary N) is 1. The number of carbonyl (C=O) groups is 2. The number of nitrogens with one attached hydrogen (secondary N) is 1. The Kier molecular flexibility index (Phi) is 5.63. The molecule has 1 aromatic heterocycles. The van der Waals surface area contributed by atoms with Crippen molar-refractivity contribution in [2.45, 2.75) is 42.8 Å². The first kappa shape index (κ1) is 24.0. The maximum atomic E-state index is 13.3. The van der Waals surface area contributed by atoms with Gasteiger partial charge in [-0.1, -0.05) is 29.4 Å². The molecule has 1 aliphatic carbocycles. The minimum Gasteiger partial charge on any atom is -0.343 e. The molecule has 1 unspecified atom stereocenters. The number of sulfone groups is 1. The average Bonchev–Trinajstić information content (AvgIpc) is 3.21. The molecule has 1 saturated carbocycles. The third kappa shape index (κ3) is 4.46. The molecule has 0 bridgehead atoms. The van der Waals surface area contributed by atoms with Crippen LogP contribution in [0.25, 0.3) is 11.4 Å². The van der Waals surface area contributed by atoms with E-state index in [-0.39, 0.29) is 22.7 Å². The Balaban J connectivity index is 1.49. The van der Waals surface area contributed by atoms with Gasteiger partial charge in [-0.3, -0.25) is 9.59 Å². The normalized spacial score (nSPS) is 22.0. The van der Waals surface area contributed by atoms with Gasteiger partial charge in [-0.05, 0) is 23.8 Å². The Labute approximate surface area is 204 Å². The number of rotatable bonds is 5. The molecule has 2 aromatic carbocycles. The SMILES string of the molecule is Cc1nc(-c2ccc(CN3C(=O)[C@@H](N)CS(=O)(=O)c4ccc(C(=O)NC5CC5(F)F)cc43)cc2)no1. The van der Waals surface area contributed by atoms with Crippen LogP contribution in [0.3, 0.4) is 0 Å². The van der Waals surface area contributed by atoms with Gasteiger partial charge in [0.05, 0.1) is 35.0 Å². The van der Waals surface area contributed by atoms with E-state index < -0.39 is 51.8 Å². The molecule has 5 rings (SSSR count). The van der Waals surface area contributed by atoms with Crippen LogP contribution in [0.4, 0.5) is 14.5 Å². The van der Waals surface area contributed by atoms with Crippen LogP contribution in [0.1, 0.15) is 28.2 Å². The van der Waals surface area contributed by atoms with E-state index in [0.717, 1.165) is 0 Å². The van der Waals surface area contributed by atoms with E-state index in [1.54, 1.807) is 31.2 Å². The van der Waals surface area contributed by atoms with Gasteiger partial charge < -0.3 is 20.5 Å². The average molecular weight is 518 g/mol. The van der Waals surface area contributed by atoms with Crippen molar-refractivity contribution in [3.05, 3.63) is 59.5 Å². The highest BCUT2D eigenvalue weighted by Crippen LogP contribution is 2.42. The second-order valence-corrected chi connectivity index (χ2v) is 10.8. The fourth-order valence-corrected chi connectivity index (χ4v) is 5.54. The van der Waals surface area contributed by atoms with Crippen molar-refractivity contribution in [1.82, 2.24) is 15.5 Å². The highest BCUT2D eigenvalue weighted by atomic mass is 32.2. The molecule has 0 saturated heterocycles. The zero-order chi connectivity index (χ0) is 25.8. The minimum absolute atomic E-state index is 0.0407. The Bertz CT molecular complexity index is 1470. The second kappa shape index (κ2) is 8.45. The molecule has 0 radical (unpaired) electrons. The van der Waals surface area contributed by atoms with Crippen LogP contribution in [0, 0.1) is 6.92 Å². The highest BCUT2D eigenvalue weighted by Gasteiger charge is 2.58. The van der Waals surface area contributed by atoms with Crippen molar-refractivity contribution >= 4 is 27.3 Å². The molecule has 188 valence electrons. The maximum absolute atomic E-state index is 13.3. The van der Waals surface area contributed by atoms with E-state index in [0.29, 0.717) is 22.8 Å². The largest absolute Gasteiger partial charge is 0.343 e. The van der Waals surface area contributed by atoms with Gasteiger partial charge in [0, 0.05) is 24.5 Å². The van der Waals surface area contributed by atoms with Crippen LogP contribution in [0.5, 0.6) is 0 Å². The maximum Gasteiger partial charge on any atom is 0.270 e. The van der Waals surface area contributed by atoms with Crippen molar-refractivity contribution in [1.29, 1.82) is 0 Å². The number of alkyl halides is 2. The lowest BCUT2D eigenvalue weighted by Crippen LogP contribution is -2.45. The minimum atomic E-state index is -3.96. The van der Waals surface area contributed by atoms with Crippen molar-refractivity contribution < 1.29 is 31.3 Å². The number of nitrogens with zero attached hydrogens (tertiary/aromatic N) is 3. The molecule has 36 heavy (non-hydrogen) atoms. The number of carbonyl (C=O) groups excluding carboxylic acids is 2. The Hall–Kier alpha value is -3.71. The molecule has 3 aromatic rings. The predicted octanol–water partition coefficient (Wildman–Crippen LogP) is 1.83. The summed E-state index contributed by atoms with van der Waals surface area (Å²) in [6, 6.07) is 7.91. The lowest BCUT2D eigenvalue weighted by atomic mass is 10.1. The lowest BCUT2D eigenvalue weighted by molar-refractivity contribution is -0.119. The fraction of sp³-hybridized carbons (Fsp3) is 0.304. The van der Waals surface area contributed by atoms with Gasteiger partial charge in [-0.25, -0.2) is 17.2 Å². The summed E-state index contributed by atoms with van der Waals surface area (Å²) in [6.45, 7) is 1.61. The van der Waals surface area contributed by atoms with E-state index in [1.807, 2.05) is 0 Å². The second-order valence-electron chi connectivity index (χ2n) is 8.82. The van der Waals surface area contributed by atoms with Crippen molar-refractivity contribution in [3.8, 4) is 11.4 Å². The quantitative estimate of drug-likeness (QED) is 0.521. The zero-order valence-corrected chi connectivity index (χ0v) is 19.8. The summed E-state index contributed by atoms with van der Waals surface area (Å²) < 4.78 is 57.4. The summed E-state index contributed by atoms with van der Waals surface area (Å²) in [4.78, 5) is 30.9. The van der Waals surface area contributed by atoms with Gasteiger partial charge in [-0.15, -0.1) is 0 Å². The number of aromatic nitrogens is 2. The van der Waals surface area contributed by atoms with E-state index in [9.17, 15) is 26.8 Å². The first-order valence-electron chi connectivity index (χ1n) is 11.0. The number of fused-ring (bicyclic) bond motifs is 1. The summed E-state index contributed by atoms with van der Waals surface area (Å²) in [5.74, 6) is -4.22. The topological polar surface area (TPSA) is 148 Å². The Morgan fingerprint density at radius 3 is 2.56 bits per heavy atom. The van der Waals surface area contributed by atoms with E-state index >= 15 is 0 Å². The van der Waals surface area contributed by atoms with Crippen LogP contribution in [0.15, 0.2) is 51.9 Å². The molecular formula is C23H21F2N5O5S. The Morgan fingerprint density at radius 2 is 1.94 bits per heavy atom. The molecule has 1 fully saturated rings. The predicted molar refractivity (Wildman–Crippen MR) is 123 cm³/mol. The molecule has 3 N–H and O–H groups in total. The van der Waals surface area contributed by atoms with Gasteiger partial charge >= 0.3 is 0 Å². The van der Waals surface area contributed by atoms with E-state index in [2.05, 4.69) is 15.5 Å². The first-order valence-corrected chi connectivity index (χ1v) is 12.6. The third-order valence-corrected chi connectivity index (χ3v) is 7.85. The molecule has 2 amide bonds. The van der Waals surface area contributed by atoms with Gasteiger partial charge in [0.25, 0.3) is 11.8 Å². The monoisotopic (exact) mass is 517 g/mol. The van der Waals surface area contributed by atoms with Gasteiger partial charge in [0.1, 0.15) is 0 Å². The zero-order valence-electron chi connectivity index (χ0n) is 18.9. The molecule has 2 heterocycles. The van der Waals surface area contributed by atoms with E-state index in [1.165, 1.54) is 23.1 Å². The number of halogens is 2. The van der Waals surface area contributed by atoms with Crippen LogP contribution < -0.4 is 16.0 Å². The van der Waals surface area contributed by atoms with Gasteiger partial charge in [0.15, 0.2) is 9.84 Å². The molecule has 10 nitrogen and oxygen atoms in total. The number of hydrogen-bond acceptors (Lipinski definition) is 8. The third-order valence-electron chi connectivity index (χ3n) is 6.04. The molecule has 1 aliphatic heterocycles. The molecular weight excluding hydrogens is 496 g/mol. The summed E-state index contributed by atoms with van der Waals surface area (Å²) in [7, 11) is -3.96. The highest BCUT2D eigenvalue weighted by molar-refractivity contribution is 7.91. The van der Waals surface area contributed by atoms with Crippen molar-refractivity contribution in [2.24, 2.45) is 5.73 Å². The lowest BCUT2D eigenvalue weighted by Gasteiger charge is -2.24. The number of hydrogen-bond donors (Lipinski definition) is 2. The number of anilines is 1. The van der Waals surface area contributed by atoms with Gasteiger partial charge in [-0.2, -0.15) is 4.98 Å². The summed E-state index contributed by atoms with van der Waals surface area (Å²) in [6.07, 6.45) is -0.461. The number of benzene rings is 2. The Morgan fingerprint density at radius 1 is 1.25 bits per heavy atom.